The first-order chi connectivity index (χ1) is 9.88. The highest BCUT2D eigenvalue weighted by molar-refractivity contribution is 6.11. The van der Waals surface area contributed by atoms with Crippen molar-refractivity contribution in [3.8, 4) is 0 Å². The highest BCUT2D eigenvalue weighted by atomic mass is 16.1. The van der Waals surface area contributed by atoms with Crippen molar-refractivity contribution in [2.24, 2.45) is 16.7 Å². The van der Waals surface area contributed by atoms with Gasteiger partial charge in [0.05, 0.1) is 0 Å². The summed E-state index contributed by atoms with van der Waals surface area (Å²) in [5, 5.41) is 2.23. The molecule has 0 spiro atoms. The maximum atomic E-state index is 13.3. The zero-order valence-corrected chi connectivity index (χ0v) is 13.4. The quantitative estimate of drug-likeness (QED) is 0.665. The van der Waals surface area contributed by atoms with Gasteiger partial charge < -0.3 is 0 Å². The van der Waals surface area contributed by atoms with Crippen molar-refractivity contribution in [2.75, 3.05) is 0 Å². The number of hydrogen-bond acceptors (Lipinski definition) is 1. The van der Waals surface area contributed by atoms with Gasteiger partial charge in [-0.05, 0) is 34.9 Å². The minimum absolute atomic E-state index is 0.0427. The van der Waals surface area contributed by atoms with Crippen LogP contribution in [-0.2, 0) is 0 Å². The molecular formula is C20H24O. The Kier molecular flexibility index (Phi) is 3.20. The molecule has 1 heteroatoms. The van der Waals surface area contributed by atoms with Crippen molar-refractivity contribution < 1.29 is 4.79 Å². The Morgan fingerprint density at radius 1 is 1.05 bits per heavy atom. The van der Waals surface area contributed by atoms with Gasteiger partial charge in [0.1, 0.15) is 0 Å². The fourth-order valence-corrected chi connectivity index (χ4v) is 3.86. The molecule has 2 aromatic rings. The highest BCUT2D eigenvalue weighted by Gasteiger charge is 2.54. The molecular weight excluding hydrogens is 256 g/mol. The van der Waals surface area contributed by atoms with Gasteiger partial charge in [0, 0.05) is 11.0 Å². The Hall–Kier alpha value is -1.63. The zero-order chi connectivity index (χ0) is 15.3. The van der Waals surface area contributed by atoms with Gasteiger partial charge in [-0.3, -0.25) is 4.79 Å². The third kappa shape index (κ3) is 1.94. The van der Waals surface area contributed by atoms with Gasteiger partial charge in [-0.1, -0.05) is 70.2 Å². The number of rotatable bonds is 2. The van der Waals surface area contributed by atoms with E-state index in [0.29, 0.717) is 11.7 Å². The normalized spacial score (nSPS) is 27.9. The predicted molar refractivity (Wildman–Crippen MR) is 88.6 cm³/mol. The molecule has 0 bridgehead atoms. The van der Waals surface area contributed by atoms with Crippen molar-refractivity contribution in [3.05, 3.63) is 48.0 Å². The van der Waals surface area contributed by atoms with Crippen LogP contribution in [0.15, 0.2) is 42.5 Å². The summed E-state index contributed by atoms with van der Waals surface area (Å²) in [5.41, 5.74) is 0.662. The van der Waals surface area contributed by atoms with Crippen LogP contribution in [0.4, 0.5) is 0 Å². The Morgan fingerprint density at radius 2 is 1.71 bits per heavy atom. The average molecular weight is 280 g/mol. The third-order valence-corrected chi connectivity index (χ3v) is 6.27. The molecule has 2 atom stereocenters. The standard InChI is InChI=1S/C20H24O/c1-14-12-13-20(4,19(14,2)3)18(21)17-11-7-9-15-8-5-6-10-16(15)17/h5-11,14H,12-13H2,1-4H3/t14-,20-/m0/s1. The molecule has 0 heterocycles. The smallest absolute Gasteiger partial charge is 0.169 e. The van der Waals surface area contributed by atoms with Crippen LogP contribution in [0, 0.1) is 16.7 Å². The summed E-state index contributed by atoms with van der Waals surface area (Å²) in [7, 11) is 0. The summed E-state index contributed by atoms with van der Waals surface area (Å²) < 4.78 is 0. The van der Waals surface area contributed by atoms with Gasteiger partial charge in [0.2, 0.25) is 0 Å². The number of carbonyl (C=O) groups is 1. The summed E-state index contributed by atoms with van der Waals surface area (Å²) in [6.45, 7) is 8.96. The molecule has 0 N–H and O–H groups in total. The second-order valence-electron chi connectivity index (χ2n) is 7.35. The lowest BCUT2D eigenvalue weighted by Crippen LogP contribution is -2.40. The first kappa shape index (κ1) is 14.3. The second kappa shape index (κ2) is 4.69. The van der Waals surface area contributed by atoms with Gasteiger partial charge >= 0.3 is 0 Å². The maximum Gasteiger partial charge on any atom is 0.169 e. The molecule has 0 aliphatic heterocycles. The van der Waals surface area contributed by atoms with Gasteiger partial charge in [-0.25, -0.2) is 0 Å². The Labute approximate surface area is 127 Å². The van der Waals surface area contributed by atoms with Crippen LogP contribution in [0.2, 0.25) is 0 Å². The topological polar surface area (TPSA) is 17.1 Å². The predicted octanol–water partition coefficient (Wildman–Crippen LogP) is 5.48. The van der Waals surface area contributed by atoms with Crippen LogP contribution >= 0.6 is 0 Å². The maximum absolute atomic E-state index is 13.3. The van der Waals surface area contributed by atoms with E-state index >= 15 is 0 Å². The summed E-state index contributed by atoms with van der Waals surface area (Å²) in [4.78, 5) is 13.3. The van der Waals surface area contributed by atoms with E-state index in [0.717, 1.165) is 29.2 Å². The van der Waals surface area contributed by atoms with Crippen LogP contribution in [0.25, 0.3) is 10.8 Å². The molecule has 1 aliphatic carbocycles. The van der Waals surface area contributed by atoms with E-state index < -0.39 is 0 Å². The highest BCUT2D eigenvalue weighted by Crippen LogP contribution is 2.57. The Balaban J connectivity index is 2.14. The van der Waals surface area contributed by atoms with Gasteiger partial charge in [-0.2, -0.15) is 0 Å². The van der Waals surface area contributed by atoms with E-state index in [-0.39, 0.29) is 10.8 Å². The number of hydrogen-bond donors (Lipinski definition) is 0. The van der Waals surface area contributed by atoms with E-state index in [2.05, 4.69) is 45.9 Å². The Morgan fingerprint density at radius 3 is 2.38 bits per heavy atom. The lowest BCUT2D eigenvalue weighted by molar-refractivity contribution is 0.0548. The minimum atomic E-state index is -0.267. The van der Waals surface area contributed by atoms with Crippen LogP contribution in [0.3, 0.4) is 0 Å². The van der Waals surface area contributed by atoms with Crippen molar-refractivity contribution >= 4 is 16.6 Å². The summed E-state index contributed by atoms with van der Waals surface area (Å²) in [6, 6.07) is 14.3. The molecule has 1 nitrogen and oxygen atoms in total. The molecule has 0 amide bonds. The van der Waals surface area contributed by atoms with Gasteiger partial charge in [0.25, 0.3) is 0 Å². The van der Waals surface area contributed by atoms with Crippen LogP contribution < -0.4 is 0 Å². The zero-order valence-electron chi connectivity index (χ0n) is 13.4. The third-order valence-electron chi connectivity index (χ3n) is 6.27. The summed E-state index contributed by atoms with van der Waals surface area (Å²) in [6.07, 6.45) is 2.13. The molecule has 2 aromatic carbocycles. The molecule has 21 heavy (non-hydrogen) atoms. The monoisotopic (exact) mass is 280 g/mol. The lowest BCUT2D eigenvalue weighted by atomic mass is 9.62. The largest absolute Gasteiger partial charge is 0.294 e. The Bertz CT molecular complexity index is 693. The lowest BCUT2D eigenvalue weighted by Gasteiger charge is -2.40. The summed E-state index contributed by atoms with van der Waals surface area (Å²) >= 11 is 0. The van der Waals surface area contributed by atoms with Gasteiger partial charge in [-0.15, -0.1) is 0 Å². The van der Waals surface area contributed by atoms with Crippen LogP contribution in [0.5, 0.6) is 0 Å². The van der Waals surface area contributed by atoms with E-state index in [1.165, 1.54) is 0 Å². The van der Waals surface area contributed by atoms with Gasteiger partial charge in [0.15, 0.2) is 5.78 Å². The van der Waals surface area contributed by atoms with E-state index in [1.807, 2.05) is 24.3 Å². The molecule has 0 radical (unpaired) electrons. The van der Waals surface area contributed by atoms with E-state index in [1.54, 1.807) is 0 Å². The van der Waals surface area contributed by atoms with Crippen molar-refractivity contribution in [2.45, 2.75) is 40.5 Å². The molecule has 1 fully saturated rings. The number of carbonyl (C=O) groups excluding carboxylic acids is 1. The van der Waals surface area contributed by atoms with E-state index in [4.69, 9.17) is 0 Å². The number of fused-ring (bicyclic) bond motifs is 1. The fraction of sp³-hybridized carbons (Fsp3) is 0.450. The minimum Gasteiger partial charge on any atom is -0.294 e. The SMILES string of the molecule is C[C@H]1CC[C@@](C)(C(=O)c2cccc3ccccc23)C1(C)C. The number of benzene rings is 2. The van der Waals surface area contributed by atoms with E-state index in [9.17, 15) is 4.79 Å². The molecule has 0 unspecified atom stereocenters. The van der Waals surface area contributed by atoms with Crippen molar-refractivity contribution in [3.63, 3.8) is 0 Å². The summed E-state index contributed by atoms with van der Waals surface area (Å²) in [5.74, 6) is 0.898. The second-order valence-corrected chi connectivity index (χ2v) is 7.35. The number of Topliss-reactive ketones (excluding diaryl/α,β-unsaturated/α-hetero) is 1. The number of ketones is 1. The van der Waals surface area contributed by atoms with Crippen molar-refractivity contribution in [1.29, 1.82) is 0 Å². The first-order valence-corrected chi connectivity index (χ1v) is 7.90. The molecule has 1 saturated carbocycles. The molecule has 0 aromatic heterocycles. The fourth-order valence-electron chi connectivity index (χ4n) is 3.86. The molecule has 1 aliphatic rings. The molecule has 0 saturated heterocycles. The van der Waals surface area contributed by atoms with Crippen LogP contribution in [0.1, 0.15) is 50.9 Å². The average Bonchev–Trinajstić information content (AvgIpc) is 2.70. The molecule has 110 valence electrons. The first-order valence-electron chi connectivity index (χ1n) is 7.90. The molecule has 3 rings (SSSR count). The van der Waals surface area contributed by atoms with Crippen molar-refractivity contribution in [1.82, 2.24) is 0 Å². The van der Waals surface area contributed by atoms with Crippen LogP contribution in [-0.4, -0.2) is 5.78 Å².